The lowest BCUT2D eigenvalue weighted by Gasteiger charge is -2.18. The van der Waals surface area contributed by atoms with Crippen molar-refractivity contribution in [3.8, 4) is 0 Å². The molecule has 7 heteroatoms. The highest BCUT2D eigenvalue weighted by Gasteiger charge is 2.21. The van der Waals surface area contributed by atoms with Gasteiger partial charge >= 0.3 is 0 Å². The molecule has 0 aromatic heterocycles. The zero-order valence-corrected chi connectivity index (χ0v) is 15.0. The van der Waals surface area contributed by atoms with Crippen molar-refractivity contribution < 1.29 is 13.2 Å². The Morgan fingerprint density at radius 1 is 1.18 bits per heavy atom. The average Bonchev–Trinajstić information content (AvgIpc) is 2.49. The predicted octanol–water partition coefficient (Wildman–Crippen LogP) is 3.77. The molecular formula is C15H15BrClNO3S. The summed E-state index contributed by atoms with van der Waals surface area (Å²) in [5.41, 5.74) is 0.737. The van der Waals surface area contributed by atoms with Crippen molar-refractivity contribution in [3.63, 3.8) is 0 Å². The van der Waals surface area contributed by atoms with Gasteiger partial charge in [0, 0.05) is 28.7 Å². The smallest absolute Gasteiger partial charge is 0.241 e. The minimum atomic E-state index is -3.64. The van der Waals surface area contributed by atoms with Crippen LogP contribution in [0.4, 0.5) is 0 Å². The minimum Gasteiger partial charge on any atom is -0.375 e. The Morgan fingerprint density at radius 3 is 2.45 bits per heavy atom. The Morgan fingerprint density at radius 2 is 1.82 bits per heavy atom. The van der Waals surface area contributed by atoms with Crippen LogP contribution < -0.4 is 4.72 Å². The Balaban J connectivity index is 2.17. The molecule has 0 aliphatic carbocycles. The molecule has 0 saturated carbocycles. The highest BCUT2D eigenvalue weighted by atomic mass is 79.9. The lowest BCUT2D eigenvalue weighted by atomic mass is 10.1. The van der Waals surface area contributed by atoms with Crippen molar-refractivity contribution in [2.75, 3.05) is 13.7 Å². The molecule has 1 unspecified atom stereocenters. The molecular weight excluding hydrogens is 390 g/mol. The van der Waals surface area contributed by atoms with Gasteiger partial charge in [0.2, 0.25) is 10.0 Å². The Hall–Kier alpha value is -0.920. The van der Waals surface area contributed by atoms with Crippen molar-refractivity contribution >= 4 is 37.6 Å². The molecule has 22 heavy (non-hydrogen) atoms. The quantitative estimate of drug-likeness (QED) is 0.797. The summed E-state index contributed by atoms with van der Waals surface area (Å²) in [6.07, 6.45) is -0.467. The molecule has 4 nitrogen and oxygen atoms in total. The van der Waals surface area contributed by atoms with Crippen LogP contribution in [0.1, 0.15) is 11.7 Å². The zero-order valence-electron chi connectivity index (χ0n) is 11.8. The Bertz CT molecular complexity index is 752. The van der Waals surface area contributed by atoms with Crippen LogP contribution in [0, 0.1) is 0 Å². The Labute approximate surface area is 143 Å². The van der Waals surface area contributed by atoms with Gasteiger partial charge in [-0.05, 0) is 34.1 Å². The normalized spacial score (nSPS) is 13.0. The summed E-state index contributed by atoms with van der Waals surface area (Å²) in [6.45, 7) is 0.0872. The number of methoxy groups -OCH3 is 1. The maximum Gasteiger partial charge on any atom is 0.241 e. The fraction of sp³-hybridized carbons (Fsp3) is 0.200. The molecule has 1 N–H and O–H groups in total. The SMILES string of the molecule is COC(CNS(=O)(=O)c1ccccc1Br)c1ccccc1Cl. The second-order valence-corrected chi connectivity index (χ2v) is 7.53. The molecule has 0 fully saturated rings. The molecule has 118 valence electrons. The van der Waals surface area contributed by atoms with Gasteiger partial charge in [0.25, 0.3) is 0 Å². The third kappa shape index (κ3) is 4.08. The molecule has 0 saturated heterocycles. The van der Waals surface area contributed by atoms with E-state index in [0.29, 0.717) is 9.50 Å². The first kappa shape index (κ1) is 17.4. The van der Waals surface area contributed by atoms with Gasteiger partial charge in [0.15, 0.2) is 0 Å². The fourth-order valence-corrected chi connectivity index (χ4v) is 4.27. The molecule has 0 aliphatic rings. The number of benzene rings is 2. The molecule has 0 heterocycles. The van der Waals surface area contributed by atoms with Gasteiger partial charge in [0.1, 0.15) is 0 Å². The van der Waals surface area contributed by atoms with Crippen LogP contribution in [0.15, 0.2) is 57.9 Å². The first-order valence-corrected chi connectivity index (χ1v) is 9.12. The van der Waals surface area contributed by atoms with E-state index >= 15 is 0 Å². The largest absolute Gasteiger partial charge is 0.375 e. The van der Waals surface area contributed by atoms with E-state index in [2.05, 4.69) is 20.7 Å². The minimum absolute atomic E-state index is 0.0872. The van der Waals surface area contributed by atoms with E-state index in [4.69, 9.17) is 16.3 Å². The van der Waals surface area contributed by atoms with Crippen molar-refractivity contribution in [3.05, 3.63) is 63.6 Å². The number of rotatable bonds is 6. The van der Waals surface area contributed by atoms with Gasteiger partial charge in [-0.15, -0.1) is 0 Å². The van der Waals surface area contributed by atoms with E-state index in [9.17, 15) is 8.42 Å². The maximum absolute atomic E-state index is 12.4. The van der Waals surface area contributed by atoms with Gasteiger partial charge in [-0.3, -0.25) is 0 Å². The molecule has 0 aliphatic heterocycles. The second-order valence-electron chi connectivity index (χ2n) is 4.53. The van der Waals surface area contributed by atoms with Crippen LogP contribution in [0.2, 0.25) is 5.02 Å². The van der Waals surface area contributed by atoms with Gasteiger partial charge in [-0.25, -0.2) is 13.1 Å². The van der Waals surface area contributed by atoms with Gasteiger partial charge in [-0.1, -0.05) is 41.9 Å². The molecule has 1 atom stereocenters. The average molecular weight is 405 g/mol. The second kappa shape index (κ2) is 7.57. The Kier molecular flexibility index (Phi) is 6.00. The fourth-order valence-electron chi connectivity index (χ4n) is 1.98. The van der Waals surface area contributed by atoms with Crippen LogP contribution in [-0.4, -0.2) is 22.1 Å². The summed E-state index contributed by atoms with van der Waals surface area (Å²) in [5, 5.41) is 0.537. The third-order valence-corrected chi connectivity index (χ3v) is 5.90. The number of nitrogens with one attached hydrogen (secondary N) is 1. The number of hydrogen-bond donors (Lipinski definition) is 1. The zero-order chi connectivity index (χ0) is 16.2. The number of sulfonamides is 1. The van der Waals surface area contributed by atoms with E-state index in [0.717, 1.165) is 5.56 Å². The summed E-state index contributed by atoms with van der Waals surface area (Å²) in [6, 6.07) is 13.8. The van der Waals surface area contributed by atoms with E-state index < -0.39 is 16.1 Å². The maximum atomic E-state index is 12.4. The molecule has 0 bridgehead atoms. The monoisotopic (exact) mass is 403 g/mol. The molecule has 2 aromatic carbocycles. The van der Waals surface area contributed by atoms with Crippen LogP contribution in [0.25, 0.3) is 0 Å². The van der Waals surface area contributed by atoms with Crippen LogP contribution in [0.3, 0.4) is 0 Å². The van der Waals surface area contributed by atoms with Gasteiger partial charge in [-0.2, -0.15) is 0 Å². The van der Waals surface area contributed by atoms with Gasteiger partial charge < -0.3 is 4.74 Å². The van der Waals surface area contributed by atoms with E-state index in [1.807, 2.05) is 18.2 Å². The first-order chi connectivity index (χ1) is 10.5. The topological polar surface area (TPSA) is 55.4 Å². The summed E-state index contributed by atoms with van der Waals surface area (Å²) in [7, 11) is -2.12. The molecule has 0 amide bonds. The van der Waals surface area contributed by atoms with Crippen molar-refractivity contribution in [2.45, 2.75) is 11.0 Å². The highest BCUT2D eigenvalue weighted by molar-refractivity contribution is 9.10. The lowest BCUT2D eigenvalue weighted by molar-refractivity contribution is 0.107. The summed E-state index contributed by atoms with van der Waals surface area (Å²) >= 11 is 9.37. The van der Waals surface area contributed by atoms with E-state index in [1.54, 1.807) is 24.3 Å². The molecule has 2 aromatic rings. The number of halogens is 2. The predicted molar refractivity (Wildman–Crippen MR) is 90.5 cm³/mol. The lowest BCUT2D eigenvalue weighted by Crippen LogP contribution is -2.29. The summed E-state index contributed by atoms with van der Waals surface area (Å²) in [4.78, 5) is 0.184. The first-order valence-electron chi connectivity index (χ1n) is 6.47. The highest BCUT2D eigenvalue weighted by Crippen LogP contribution is 2.26. The standard InChI is InChI=1S/C15H15BrClNO3S/c1-21-14(11-6-2-4-8-13(11)17)10-18-22(19,20)15-9-5-3-7-12(15)16/h2-9,14,18H,10H2,1H3. The number of ether oxygens (including phenoxy) is 1. The third-order valence-electron chi connectivity index (χ3n) is 3.12. The van der Waals surface area contributed by atoms with E-state index in [-0.39, 0.29) is 11.4 Å². The van der Waals surface area contributed by atoms with E-state index in [1.165, 1.54) is 13.2 Å². The molecule has 0 spiro atoms. The summed E-state index contributed by atoms with van der Waals surface area (Å²) in [5.74, 6) is 0. The van der Waals surface area contributed by atoms with Gasteiger partial charge in [0.05, 0.1) is 11.0 Å². The van der Waals surface area contributed by atoms with Crippen molar-refractivity contribution in [1.29, 1.82) is 0 Å². The molecule has 0 radical (unpaired) electrons. The number of hydrogen-bond acceptors (Lipinski definition) is 3. The van der Waals surface area contributed by atoms with Crippen molar-refractivity contribution in [2.24, 2.45) is 0 Å². The van der Waals surface area contributed by atoms with Crippen LogP contribution >= 0.6 is 27.5 Å². The van der Waals surface area contributed by atoms with Crippen LogP contribution in [-0.2, 0) is 14.8 Å². The van der Waals surface area contributed by atoms with Crippen LogP contribution in [0.5, 0.6) is 0 Å². The van der Waals surface area contributed by atoms with Crippen molar-refractivity contribution in [1.82, 2.24) is 4.72 Å². The summed E-state index contributed by atoms with van der Waals surface area (Å²) < 4.78 is 33.1. The molecule has 2 rings (SSSR count).